The van der Waals surface area contributed by atoms with Crippen LogP contribution in [0.2, 0.25) is 0 Å². The molecule has 0 saturated carbocycles. The molecule has 1 amide bonds. The first-order valence-electron chi connectivity index (χ1n) is 5.69. The smallest absolute Gasteiger partial charge is 0.407 e. The Morgan fingerprint density at radius 3 is 2.53 bits per heavy atom. The van der Waals surface area contributed by atoms with Crippen LogP contribution < -0.4 is 0 Å². The zero-order chi connectivity index (χ0) is 12.5. The highest BCUT2D eigenvalue weighted by Gasteiger charge is 2.10. The van der Waals surface area contributed by atoms with Crippen molar-refractivity contribution in [3.05, 3.63) is 35.9 Å². The van der Waals surface area contributed by atoms with Gasteiger partial charge in [0.25, 0.3) is 0 Å². The molecule has 0 radical (unpaired) electrons. The molecule has 0 bridgehead atoms. The first kappa shape index (κ1) is 13.2. The lowest BCUT2D eigenvalue weighted by atomic mass is 10.1. The molecule has 0 atom stereocenters. The number of amides is 1. The summed E-state index contributed by atoms with van der Waals surface area (Å²) in [6, 6.07) is 9.94. The van der Waals surface area contributed by atoms with E-state index in [1.54, 1.807) is 0 Å². The molecule has 0 unspecified atom stereocenters. The number of hydrogen-bond donors (Lipinski definition) is 1. The van der Waals surface area contributed by atoms with Crippen molar-refractivity contribution in [3.8, 4) is 0 Å². The fourth-order valence-electron chi connectivity index (χ4n) is 1.63. The number of benzene rings is 1. The Labute approximate surface area is 101 Å². The van der Waals surface area contributed by atoms with E-state index in [0.29, 0.717) is 6.54 Å². The van der Waals surface area contributed by atoms with Gasteiger partial charge in [0.1, 0.15) is 6.29 Å². The molecular formula is C13H17NO3. The Kier molecular flexibility index (Phi) is 5.79. The van der Waals surface area contributed by atoms with Gasteiger partial charge in [0.05, 0.1) is 0 Å². The van der Waals surface area contributed by atoms with E-state index < -0.39 is 6.09 Å². The second-order valence-corrected chi connectivity index (χ2v) is 3.81. The minimum atomic E-state index is -0.958. The Hall–Kier alpha value is -1.84. The summed E-state index contributed by atoms with van der Waals surface area (Å²) in [5, 5.41) is 8.91. The van der Waals surface area contributed by atoms with Crippen molar-refractivity contribution in [2.24, 2.45) is 0 Å². The molecule has 0 spiro atoms. The lowest BCUT2D eigenvalue weighted by molar-refractivity contribution is -0.108. The SMILES string of the molecule is O=CCCN(CCCc1ccccc1)C(=O)O. The van der Waals surface area contributed by atoms with E-state index in [9.17, 15) is 9.59 Å². The number of hydrogen-bond acceptors (Lipinski definition) is 2. The summed E-state index contributed by atoms with van der Waals surface area (Å²) in [6.07, 6.45) is 1.67. The van der Waals surface area contributed by atoms with E-state index in [2.05, 4.69) is 0 Å². The topological polar surface area (TPSA) is 57.6 Å². The monoisotopic (exact) mass is 235 g/mol. The average Bonchev–Trinajstić information content (AvgIpc) is 2.34. The lowest BCUT2D eigenvalue weighted by Crippen LogP contribution is -2.31. The van der Waals surface area contributed by atoms with E-state index in [1.165, 1.54) is 10.5 Å². The first-order chi connectivity index (χ1) is 8.24. The van der Waals surface area contributed by atoms with E-state index >= 15 is 0 Å². The molecule has 0 saturated heterocycles. The molecule has 4 heteroatoms. The highest BCUT2D eigenvalue weighted by molar-refractivity contribution is 5.65. The fourth-order valence-corrected chi connectivity index (χ4v) is 1.63. The molecule has 0 aliphatic rings. The van der Waals surface area contributed by atoms with Crippen molar-refractivity contribution in [3.63, 3.8) is 0 Å². The quantitative estimate of drug-likeness (QED) is 0.737. The minimum absolute atomic E-state index is 0.262. The summed E-state index contributed by atoms with van der Waals surface area (Å²) >= 11 is 0. The molecule has 1 N–H and O–H groups in total. The molecule has 1 aromatic rings. The number of carboxylic acid groups (broad SMARTS) is 1. The molecule has 0 heterocycles. The molecule has 1 aromatic carbocycles. The number of carbonyl (C=O) groups excluding carboxylic acids is 1. The molecular weight excluding hydrogens is 218 g/mol. The van der Waals surface area contributed by atoms with Crippen LogP contribution in [0.5, 0.6) is 0 Å². The standard InChI is InChI=1S/C13H17NO3/c15-11-5-10-14(13(16)17)9-4-8-12-6-2-1-3-7-12/h1-3,6-7,11H,4-5,8-10H2,(H,16,17). The molecule has 0 aliphatic carbocycles. The first-order valence-corrected chi connectivity index (χ1v) is 5.69. The maximum Gasteiger partial charge on any atom is 0.407 e. The number of rotatable bonds is 7. The van der Waals surface area contributed by atoms with Gasteiger partial charge in [-0.25, -0.2) is 4.79 Å². The Morgan fingerprint density at radius 1 is 1.24 bits per heavy atom. The molecule has 0 aliphatic heterocycles. The molecule has 1 rings (SSSR count). The number of carbonyl (C=O) groups is 2. The summed E-state index contributed by atoms with van der Waals surface area (Å²) < 4.78 is 0. The lowest BCUT2D eigenvalue weighted by Gasteiger charge is -2.17. The van der Waals surface area contributed by atoms with Gasteiger partial charge in [-0.05, 0) is 18.4 Å². The third kappa shape index (κ3) is 5.15. The van der Waals surface area contributed by atoms with E-state index in [4.69, 9.17) is 5.11 Å². The van der Waals surface area contributed by atoms with Crippen LogP contribution in [0.3, 0.4) is 0 Å². The zero-order valence-corrected chi connectivity index (χ0v) is 9.71. The average molecular weight is 235 g/mol. The van der Waals surface area contributed by atoms with E-state index in [-0.39, 0.29) is 13.0 Å². The van der Waals surface area contributed by atoms with Gasteiger partial charge in [0, 0.05) is 19.5 Å². The van der Waals surface area contributed by atoms with Crippen molar-refractivity contribution in [1.82, 2.24) is 4.90 Å². The number of aryl methyl sites for hydroxylation is 1. The third-order valence-electron chi connectivity index (χ3n) is 2.52. The summed E-state index contributed by atoms with van der Waals surface area (Å²) in [6.45, 7) is 0.756. The van der Waals surface area contributed by atoms with Crippen LogP contribution in [-0.2, 0) is 11.2 Å². The minimum Gasteiger partial charge on any atom is -0.465 e. The predicted octanol–water partition coefficient (Wildman–Crippen LogP) is 2.19. The van der Waals surface area contributed by atoms with Crippen LogP contribution >= 0.6 is 0 Å². The van der Waals surface area contributed by atoms with Crippen molar-refractivity contribution < 1.29 is 14.7 Å². The van der Waals surface area contributed by atoms with Gasteiger partial charge in [0.2, 0.25) is 0 Å². The van der Waals surface area contributed by atoms with Crippen molar-refractivity contribution in [2.45, 2.75) is 19.3 Å². The maximum atomic E-state index is 10.9. The molecule has 0 aromatic heterocycles. The highest BCUT2D eigenvalue weighted by atomic mass is 16.4. The largest absolute Gasteiger partial charge is 0.465 e. The van der Waals surface area contributed by atoms with Gasteiger partial charge in [-0.1, -0.05) is 30.3 Å². The van der Waals surface area contributed by atoms with Crippen molar-refractivity contribution in [2.75, 3.05) is 13.1 Å². The van der Waals surface area contributed by atoms with Gasteiger partial charge in [-0.15, -0.1) is 0 Å². The summed E-state index contributed by atoms with van der Waals surface area (Å²) in [5.74, 6) is 0. The van der Waals surface area contributed by atoms with Crippen LogP contribution in [0.4, 0.5) is 4.79 Å². The molecule has 92 valence electrons. The Morgan fingerprint density at radius 2 is 1.94 bits per heavy atom. The van der Waals surface area contributed by atoms with Gasteiger partial charge < -0.3 is 14.8 Å². The molecule has 4 nitrogen and oxygen atoms in total. The number of nitrogens with zero attached hydrogens (tertiary/aromatic N) is 1. The van der Waals surface area contributed by atoms with Gasteiger partial charge in [-0.2, -0.15) is 0 Å². The second-order valence-electron chi connectivity index (χ2n) is 3.81. The summed E-state index contributed by atoms with van der Waals surface area (Å²) in [5.41, 5.74) is 1.20. The van der Waals surface area contributed by atoms with Crippen molar-refractivity contribution in [1.29, 1.82) is 0 Å². The normalized spacial score (nSPS) is 9.88. The molecule has 0 fully saturated rings. The van der Waals surface area contributed by atoms with Crippen LogP contribution in [-0.4, -0.2) is 35.5 Å². The van der Waals surface area contributed by atoms with Crippen molar-refractivity contribution >= 4 is 12.4 Å². The van der Waals surface area contributed by atoms with E-state index in [0.717, 1.165) is 19.1 Å². The van der Waals surface area contributed by atoms with Crippen LogP contribution in [0.15, 0.2) is 30.3 Å². The van der Waals surface area contributed by atoms with E-state index in [1.807, 2.05) is 30.3 Å². The van der Waals surface area contributed by atoms with Gasteiger partial charge >= 0.3 is 6.09 Å². The number of aldehydes is 1. The van der Waals surface area contributed by atoms with Crippen LogP contribution in [0.25, 0.3) is 0 Å². The Bertz CT molecular complexity index is 351. The van der Waals surface area contributed by atoms with Crippen LogP contribution in [0, 0.1) is 0 Å². The van der Waals surface area contributed by atoms with Gasteiger partial charge in [-0.3, -0.25) is 0 Å². The summed E-state index contributed by atoms with van der Waals surface area (Å²) in [4.78, 5) is 22.4. The fraction of sp³-hybridized carbons (Fsp3) is 0.385. The third-order valence-corrected chi connectivity index (χ3v) is 2.52. The second kappa shape index (κ2) is 7.44. The predicted molar refractivity (Wildman–Crippen MR) is 65.0 cm³/mol. The summed E-state index contributed by atoms with van der Waals surface area (Å²) in [7, 11) is 0. The Balaban J connectivity index is 2.32. The highest BCUT2D eigenvalue weighted by Crippen LogP contribution is 2.04. The van der Waals surface area contributed by atoms with Gasteiger partial charge in [0.15, 0.2) is 0 Å². The zero-order valence-electron chi connectivity index (χ0n) is 9.71. The van der Waals surface area contributed by atoms with Crippen LogP contribution in [0.1, 0.15) is 18.4 Å². The molecule has 17 heavy (non-hydrogen) atoms. The maximum absolute atomic E-state index is 10.9.